The smallest absolute Gasteiger partial charge is 0.201 e. The highest BCUT2D eigenvalue weighted by molar-refractivity contribution is 5.77. The molecule has 0 radical (unpaired) electrons. The molecule has 5 heteroatoms. The number of hydrogen-bond acceptors (Lipinski definition) is 4. The van der Waals surface area contributed by atoms with Crippen molar-refractivity contribution in [2.24, 2.45) is 0 Å². The minimum absolute atomic E-state index is 0.219. The zero-order valence-electron chi connectivity index (χ0n) is 14.4. The molecule has 130 valence electrons. The van der Waals surface area contributed by atoms with E-state index >= 15 is 0 Å². The zero-order chi connectivity index (χ0) is 17.1. The van der Waals surface area contributed by atoms with E-state index < -0.39 is 0 Å². The van der Waals surface area contributed by atoms with Crippen molar-refractivity contribution < 1.29 is 9.47 Å². The van der Waals surface area contributed by atoms with Gasteiger partial charge in [-0.1, -0.05) is 24.3 Å². The van der Waals surface area contributed by atoms with Crippen molar-refractivity contribution in [2.45, 2.75) is 32.4 Å². The molecule has 2 aromatic carbocycles. The Bertz CT molecular complexity index is 820. The molecule has 25 heavy (non-hydrogen) atoms. The predicted molar refractivity (Wildman–Crippen MR) is 99.1 cm³/mol. The fourth-order valence-corrected chi connectivity index (χ4v) is 3.12. The zero-order valence-corrected chi connectivity index (χ0v) is 14.4. The summed E-state index contributed by atoms with van der Waals surface area (Å²) < 4.78 is 11.7. The van der Waals surface area contributed by atoms with Gasteiger partial charge in [0.2, 0.25) is 5.95 Å². The first kappa shape index (κ1) is 16.0. The van der Waals surface area contributed by atoms with Crippen LogP contribution in [0.15, 0.2) is 42.5 Å². The summed E-state index contributed by atoms with van der Waals surface area (Å²) >= 11 is 0. The van der Waals surface area contributed by atoms with Gasteiger partial charge in [-0.15, -0.1) is 0 Å². The van der Waals surface area contributed by atoms with Crippen LogP contribution in [-0.2, 0) is 11.3 Å². The molecule has 1 atom stereocenters. The molecule has 0 spiro atoms. The largest absolute Gasteiger partial charge is 0.491 e. The van der Waals surface area contributed by atoms with Crippen molar-refractivity contribution >= 4 is 17.0 Å². The van der Waals surface area contributed by atoms with Crippen LogP contribution in [0, 0.1) is 6.92 Å². The molecule has 0 saturated carbocycles. The molecule has 1 unspecified atom stereocenters. The highest BCUT2D eigenvalue weighted by atomic mass is 16.5. The van der Waals surface area contributed by atoms with E-state index in [9.17, 15) is 0 Å². The monoisotopic (exact) mass is 337 g/mol. The first-order valence-corrected chi connectivity index (χ1v) is 8.80. The van der Waals surface area contributed by atoms with Gasteiger partial charge >= 0.3 is 0 Å². The second-order valence-corrected chi connectivity index (χ2v) is 6.51. The lowest BCUT2D eigenvalue weighted by Gasteiger charge is -2.15. The number of fused-ring (bicyclic) bond motifs is 1. The summed E-state index contributed by atoms with van der Waals surface area (Å²) in [5.74, 6) is 1.69. The second kappa shape index (κ2) is 7.15. The molecule has 2 N–H and O–H groups in total. The number of nitrogens with one attached hydrogen (secondary N) is 2. The van der Waals surface area contributed by atoms with E-state index in [0.29, 0.717) is 13.2 Å². The number of H-pyrrole nitrogens is 1. The van der Waals surface area contributed by atoms with Crippen molar-refractivity contribution in [3.8, 4) is 5.75 Å². The van der Waals surface area contributed by atoms with Gasteiger partial charge in [-0.3, -0.25) is 0 Å². The third kappa shape index (κ3) is 3.77. The van der Waals surface area contributed by atoms with Gasteiger partial charge in [0, 0.05) is 18.7 Å². The summed E-state index contributed by atoms with van der Waals surface area (Å²) in [6.07, 6.45) is 2.43. The highest BCUT2D eigenvalue weighted by Gasteiger charge is 2.17. The van der Waals surface area contributed by atoms with Crippen LogP contribution in [-0.4, -0.2) is 29.3 Å². The minimum atomic E-state index is 0.219. The van der Waals surface area contributed by atoms with Crippen LogP contribution < -0.4 is 10.1 Å². The Morgan fingerprint density at radius 1 is 1.28 bits per heavy atom. The lowest BCUT2D eigenvalue weighted by molar-refractivity contribution is 0.0676. The van der Waals surface area contributed by atoms with Crippen LogP contribution in [0.2, 0.25) is 0 Å². The van der Waals surface area contributed by atoms with Gasteiger partial charge < -0.3 is 19.8 Å². The van der Waals surface area contributed by atoms with Gasteiger partial charge in [-0.25, -0.2) is 4.98 Å². The van der Waals surface area contributed by atoms with Gasteiger partial charge in [0.1, 0.15) is 12.4 Å². The quantitative estimate of drug-likeness (QED) is 0.713. The minimum Gasteiger partial charge on any atom is -0.491 e. The van der Waals surface area contributed by atoms with E-state index in [4.69, 9.17) is 9.47 Å². The van der Waals surface area contributed by atoms with Crippen LogP contribution >= 0.6 is 0 Å². The van der Waals surface area contributed by atoms with Crippen LogP contribution in [0.5, 0.6) is 5.75 Å². The topological polar surface area (TPSA) is 59.2 Å². The van der Waals surface area contributed by atoms with E-state index in [1.165, 1.54) is 5.56 Å². The number of anilines is 1. The van der Waals surface area contributed by atoms with Crippen molar-refractivity contribution in [3.63, 3.8) is 0 Å². The average molecular weight is 337 g/mol. The predicted octanol–water partition coefficient (Wildman–Crippen LogP) is 4.04. The molecule has 5 nitrogen and oxygen atoms in total. The number of aromatic nitrogens is 2. The van der Waals surface area contributed by atoms with E-state index in [-0.39, 0.29) is 6.10 Å². The normalized spacial score (nSPS) is 17.1. The summed E-state index contributed by atoms with van der Waals surface area (Å²) in [5, 5.41) is 3.36. The number of rotatable bonds is 6. The standard InChI is InChI=1S/C20H23N3O2/c1-14-8-9-15(19(11-14)25-13-16-5-4-10-24-16)12-21-20-22-17-6-2-3-7-18(17)23-20/h2-3,6-9,11,16H,4-5,10,12-13H2,1H3,(H2,21,22,23). The Morgan fingerprint density at radius 2 is 2.20 bits per heavy atom. The number of benzene rings is 2. The number of aryl methyl sites for hydroxylation is 1. The fraction of sp³-hybridized carbons (Fsp3) is 0.350. The molecule has 1 aliphatic rings. The number of hydrogen-bond donors (Lipinski definition) is 2. The van der Waals surface area contributed by atoms with Crippen molar-refractivity contribution in [2.75, 3.05) is 18.5 Å². The molecule has 0 aliphatic carbocycles. The van der Waals surface area contributed by atoms with Crippen molar-refractivity contribution in [3.05, 3.63) is 53.6 Å². The molecule has 4 rings (SSSR count). The van der Waals surface area contributed by atoms with Gasteiger partial charge in [0.25, 0.3) is 0 Å². The van der Waals surface area contributed by atoms with Crippen LogP contribution in [0.25, 0.3) is 11.0 Å². The van der Waals surface area contributed by atoms with E-state index in [1.54, 1.807) is 0 Å². The number of ether oxygens (including phenoxy) is 2. The van der Waals surface area contributed by atoms with Gasteiger partial charge in [0.05, 0.1) is 17.1 Å². The molecule has 3 aromatic rings. The molecule has 0 amide bonds. The average Bonchev–Trinajstić information content (AvgIpc) is 3.28. The summed E-state index contributed by atoms with van der Waals surface area (Å²) in [7, 11) is 0. The Morgan fingerprint density at radius 3 is 3.04 bits per heavy atom. The first-order chi connectivity index (χ1) is 12.3. The van der Waals surface area contributed by atoms with Gasteiger partial charge in [0.15, 0.2) is 0 Å². The van der Waals surface area contributed by atoms with Crippen LogP contribution in [0.3, 0.4) is 0 Å². The third-order valence-corrected chi connectivity index (χ3v) is 4.51. The summed E-state index contributed by atoms with van der Waals surface area (Å²) in [6, 6.07) is 14.3. The van der Waals surface area contributed by atoms with E-state index in [1.807, 2.05) is 24.3 Å². The Balaban J connectivity index is 1.45. The summed E-state index contributed by atoms with van der Waals surface area (Å²) in [5.41, 5.74) is 4.30. The Hall–Kier alpha value is -2.53. The molecule has 1 aromatic heterocycles. The molecule has 1 saturated heterocycles. The SMILES string of the molecule is Cc1ccc(CNc2nc3ccccc3[nH]2)c(OCC2CCCO2)c1. The highest BCUT2D eigenvalue weighted by Crippen LogP contribution is 2.23. The summed E-state index contributed by atoms with van der Waals surface area (Å²) in [4.78, 5) is 7.85. The Labute approximate surface area is 147 Å². The van der Waals surface area contributed by atoms with Crippen molar-refractivity contribution in [1.82, 2.24) is 9.97 Å². The third-order valence-electron chi connectivity index (χ3n) is 4.51. The van der Waals surface area contributed by atoms with Crippen molar-refractivity contribution in [1.29, 1.82) is 0 Å². The number of nitrogens with zero attached hydrogens (tertiary/aromatic N) is 1. The molecular weight excluding hydrogens is 314 g/mol. The maximum absolute atomic E-state index is 6.05. The Kier molecular flexibility index (Phi) is 4.57. The maximum atomic E-state index is 6.05. The number of imidazole rings is 1. The number of aromatic amines is 1. The lowest BCUT2D eigenvalue weighted by atomic mass is 10.1. The van der Waals surface area contributed by atoms with E-state index in [2.05, 4.69) is 40.4 Å². The molecule has 0 bridgehead atoms. The molecule has 1 aliphatic heterocycles. The summed E-state index contributed by atoms with van der Waals surface area (Å²) in [6.45, 7) is 4.19. The lowest BCUT2D eigenvalue weighted by Crippen LogP contribution is -2.17. The van der Waals surface area contributed by atoms with Crippen LogP contribution in [0.4, 0.5) is 5.95 Å². The van der Waals surface area contributed by atoms with E-state index in [0.717, 1.165) is 47.7 Å². The van der Waals surface area contributed by atoms with Gasteiger partial charge in [-0.05, 0) is 43.5 Å². The second-order valence-electron chi connectivity index (χ2n) is 6.51. The molecule has 1 fully saturated rings. The van der Waals surface area contributed by atoms with Crippen LogP contribution in [0.1, 0.15) is 24.0 Å². The number of para-hydroxylation sites is 2. The van der Waals surface area contributed by atoms with Gasteiger partial charge in [-0.2, -0.15) is 0 Å². The molecule has 2 heterocycles. The maximum Gasteiger partial charge on any atom is 0.201 e. The first-order valence-electron chi connectivity index (χ1n) is 8.80. The molecular formula is C20H23N3O2. The fourth-order valence-electron chi connectivity index (χ4n) is 3.12.